The molecule has 3 aromatic carbocycles. The van der Waals surface area contributed by atoms with Crippen molar-refractivity contribution in [2.24, 2.45) is 0 Å². The second kappa shape index (κ2) is 8.98. The summed E-state index contributed by atoms with van der Waals surface area (Å²) in [5.41, 5.74) is 4.41. The van der Waals surface area contributed by atoms with Crippen molar-refractivity contribution >= 4 is 56.3 Å². The molecule has 4 aromatic rings. The minimum absolute atomic E-state index is 0.243. The number of thiazole rings is 1. The number of hydrogen-bond donors (Lipinski definition) is 2. The van der Waals surface area contributed by atoms with Gasteiger partial charge in [-0.2, -0.15) is 0 Å². The molecule has 4 rings (SSSR count). The molecule has 0 spiro atoms. The van der Waals surface area contributed by atoms with Crippen LogP contribution in [0.1, 0.15) is 22.8 Å². The third-order valence-corrected chi connectivity index (χ3v) is 6.16. The molecule has 8 heteroatoms. The maximum atomic E-state index is 12.8. The number of aromatic nitrogens is 1. The number of hydrogen-bond acceptors (Lipinski definition) is 5. The highest BCUT2D eigenvalue weighted by molar-refractivity contribution is 7.21. The van der Waals surface area contributed by atoms with E-state index in [1.54, 1.807) is 11.3 Å². The summed E-state index contributed by atoms with van der Waals surface area (Å²) in [6, 6.07) is 16.7. The van der Waals surface area contributed by atoms with Gasteiger partial charge in [0.25, 0.3) is 5.91 Å². The molecular formula is C24H20ClN3O3S. The first kappa shape index (κ1) is 21.8. The zero-order chi connectivity index (χ0) is 22.8. The van der Waals surface area contributed by atoms with Crippen LogP contribution in [0, 0.1) is 6.92 Å². The Morgan fingerprint density at radius 3 is 2.47 bits per heavy atom. The van der Waals surface area contributed by atoms with Gasteiger partial charge < -0.3 is 15.4 Å². The number of benzene rings is 3. The predicted molar refractivity (Wildman–Crippen MR) is 130 cm³/mol. The number of ether oxygens (including phenoxy) is 1. The van der Waals surface area contributed by atoms with Gasteiger partial charge in [-0.15, -0.1) is 11.3 Å². The summed E-state index contributed by atoms with van der Waals surface area (Å²) in [5, 5.41) is 6.63. The van der Waals surface area contributed by atoms with Crippen molar-refractivity contribution in [2.45, 2.75) is 13.8 Å². The molecule has 2 N–H and O–H groups in total. The van der Waals surface area contributed by atoms with Crippen molar-refractivity contribution in [1.29, 1.82) is 0 Å². The molecule has 0 fully saturated rings. The highest BCUT2D eigenvalue weighted by Crippen LogP contribution is 2.33. The first-order chi connectivity index (χ1) is 15.3. The van der Waals surface area contributed by atoms with E-state index in [9.17, 15) is 9.59 Å². The average Bonchev–Trinajstić information content (AvgIpc) is 3.18. The molecule has 0 saturated carbocycles. The number of methoxy groups -OCH3 is 1. The van der Waals surface area contributed by atoms with Crippen LogP contribution < -0.4 is 15.4 Å². The first-order valence-corrected chi connectivity index (χ1v) is 11.0. The van der Waals surface area contributed by atoms with E-state index >= 15 is 0 Å². The van der Waals surface area contributed by atoms with Crippen molar-refractivity contribution in [3.63, 3.8) is 0 Å². The number of halogens is 1. The fraction of sp³-hybridized carbons (Fsp3) is 0.125. The van der Waals surface area contributed by atoms with Crippen LogP contribution in [0.15, 0.2) is 54.6 Å². The number of carbonyl (C=O) groups is 2. The van der Waals surface area contributed by atoms with Gasteiger partial charge in [0.2, 0.25) is 5.91 Å². The number of aryl methyl sites for hydroxylation is 1. The lowest BCUT2D eigenvalue weighted by molar-refractivity contribution is -0.114. The summed E-state index contributed by atoms with van der Waals surface area (Å²) in [6.07, 6.45) is 0. The SMILES string of the molecule is COc1cc(NC(C)=O)c(Cl)cc1C(=O)Nc1ccc(-c2nc3ccc(C)cc3s2)cc1. The summed E-state index contributed by atoms with van der Waals surface area (Å²) < 4.78 is 6.46. The van der Waals surface area contributed by atoms with Crippen LogP contribution in [-0.2, 0) is 4.79 Å². The second-order valence-electron chi connectivity index (χ2n) is 7.24. The predicted octanol–water partition coefficient (Wildman–Crippen LogP) is 6.14. The van der Waals surface area contributed by atoms with Crippen LogP contribution in [0.4, 0.5) is 11.4 Å². The number of carbonyl (C=O) groups excluding carboxylic acids is 2. The number of amides is 2. The second-order valence-corrected chi connectivity index (χ2v) is 8.67. The Balaban J connectivity index is 1.54. The van der Waals surface area contributed by atoms with E-state index in [2.05, 4.69) is 23.6 Å². The van der Waals surface area contributed by atoms with Crippen LogP contribution in [-0.4, -0.2) is 23.9 Å². The quantitative estimate of drug-likeness (QED) is 0.370. The molecule has 1 aromatic heterocycles. The minimum Gasteiger partial charge on any atom is -0.496 e. The van der Waals surface area contributed by atoms with Crippen LogP contribution in [0.3, 0.4) is 0 Å². The van der Waals surface area contributed by atoms with Gasteiger partial charge >= 0.3 is 0 Å². The van der Waals surface area contributed by atoms with Crippen molar-refractivity contribution in [3.05, 3.63) is 70.7 Å². The third kappa shape index (κ3) is 4.59. The summed E-state index contributed by atoms with van der Waals surface area (Å²) in [5.74, 6) is -0.340. The Labute approximate surface area is 194 Å². The van der Waals surface area contributed by atoms with Gasteiger partial charge in [-0.3, -0.25) is 9.59 Å². The molecule has 0 aliphatic carbocycles. The molecule has 0 unspecified atom stereocenters. The van der Waals surface area contributed by atoms with Gasteiger partial charge in [-0.25, -0.2) is 4.98 Å². The molecule has 0 aliphatic heterocycles. The summed E-state index contributed by atoms with van der Waals surface area (Å²) in [4.78, 5) is 28.9. The standard InChI is InChI=1S/C24H20ClN3O3S/c1-13-4-9-19-22(10-13)32-24(28-19)15-5-7-16(8-6-15)27-23(30)17-11-18(25)20(26-14(2)29)12-21(17)31-3/h4-12H,1-3H3,(H,26,29)(H,27,30). The minimum atomic E-state index is -0.374. The van der Waals surface area contributed by atoms with E-state index in [1.807, 2.05) is 36.4 Å². The number of rotatable bonds is 5. The maximum Gasteiger partial charge on any atom is 0.259 e. The largest absolute Gasteiger partial charge is 0.496 e. The van der Waals surface area contributed by atoms with Gasteiger partial charge in [0, 0.05) is 24.2 Å². The van der Waals surface area contributed by atoms with Crippen molar-refractivity contribution in [3.8, 4) is 16.3 Å². The van der Waals surface area contributed by atoms with E-state index in [0.29, 0.717) is 17.1 Å². The van der Waals surface area contributed by atoms with Crippen molar-refractivity contribution < 1.29 is 14.3 Å². The van der Waals surface area contributed by atoms with Gasteiger partial charge in [-0.1, -0.05) is 17.7 Å². The lowest BCUT2D eigenvalue weighted by Gasteiger charge is -2.13. The molecule has 6 nitrogen and oxygen atoms in total. The lowest BCUT2D eigenvalue weighted by atomic mass is 10.1. The number of anilines is 2. The van der Waals surface area contributed by atoms with E-state index in [1.165, 1.54) is 31.7 Å². The summed E-state index contributed by atoms with van der Waals surface area (Å²) in [6.45, 7) is 3.44. The normalized spacial score (nSPS) is 10.8. The zero-order valence-electron chi connectivity index (χ0n) is 17.7. The van der Waals surface area contributed by atoms with Gasteiger partial charge in [0.05, 0.1) is 33.6 Å². The monoisotopic (exact) mass is 465 g/mol. The van der Waals surface area contributed by atoms with E-state index in [4.69, 9.17) is 21.3 Å². The lowest BCUT2D eigenvalue weighted by Crippen LogP contribution is -2.14. The summed E-state index contributed by atoms with van der Waals surface area (Å²) in [7, 11) is 1.45. The molecule has 0 atom stereocenters. The Morgan fingerprint density at radius 2 is 1.78 bits per heavy atom. The highest BCUT2D eigenvalue weighted by Gasteiger charge is 2.17. The molecule has 0 aliphatic rings. The Morgan fingerprint density at radius 1 is 1.03 bits per heavy atom. The molecule has 0 bridgehead atoms. The highest BCUT2D eigenvalue weighted by atomic mass is 35.5. The topological polar surface area (TPSA) is 80.3 Å². The number of fused-ring (bicyclic) bond motifs is 1. The van der Waals surface area contributed by atoms with E-state index in [0.717, 1.165) is 20.8 Å². The third-order valence-electron chi connectivity index (χ3n) is 4.78. The van der Waals surface area contributed by atoms with Gasteiger partial charge in [0.1, 0.15) is 10.8 Å². The molecule has 0 radical (unpaired) electrons. The molecule has 1 heterocycles. The van der Waals surface area contributed by atoms with E-state index < -0.39 is 0 Å². The molecule has 0 saturated heterocycles. The van der Waals surface area contributed by atoms with Crippen molar-refractivity contribution in [2.75, 3.05) is 17.7 Å². The molecule has 162 valence electrons. The number of nitrogens with zero attached hydrogens (tertiary/aromatic N) is 1. The number of nitrogens with one attached hydrogen (secondary N) is 2. The fourth-order valence-electron chi connectivity index (χ4n) is 3.24. The molecule has 2 amide bonds. The smallest absolute Gasteiger partial charge is 0.259 e. The van der Waals surface area contributed by atoms with Crippen molar-refractivity contribution in [1.82, 2.24) is 4.98 Å². The van der Waals surface area contributed by atoms with Crippen LogP contribution in [0.5, 0.6) is 5.75 Å². The van der Waals surface area contributed by atoms with Crippen LogP contribution >= 0.6 is 22.9 Å². The van der Waals surface area contributed by atoms with Gasteiger partial charge in [0.15, 0.2) is 0 Å². The Bertz CT molecular complexity index is 1330. The molecular weight excluding hydrogens is 446 g/mol. The zero-order valence-corrected chi connectivity index (χ0v) is 19.2. The maximum absolute atomic E-state index is 12.8. The fourth-order valence-corrected chi connectivity index (χ4v) is 4.52. The average molecular weight is 466 g/mol. The van der Waals surface area contributed by atoms with Crippen LogP contribution in [0.2, 0.25) is 5.02 Å². The Hall–Kier alpha value is -3.42. The van der Waals surface area contributed by atoms with Gasteiger partial charge in [-0.05, 0) is 55.0 Å². The first-order valence-electron chi connectivity index (χ1n) is 9.78. The van der Waals surface area contributed by atoms with E-state index in [-0.39, 0.29) is 22.4 Å². The summed E-state index contributed by atoms with van der Waals surface area (Å²) >= 11 is 7.86. The van der Waals surface area contributed by atoms with Crippen LogP contribution in [0.25, 0.3) is 20.8 Å². The molecule has 32 heavy (non-hydrogen) atoms. The Kier molecular flexibility index (Phi) is 6.12.